The zero-order valence-electron chi connectivity index (χ0n) is 11.8. The molecule has 3 rings (SSSR count). The molecule has 1 saturated heterocycles. The highest BCUT2D eigenvalue weighted by atomic mass is 35.5. The molecule has 1 aromatic heterocycles. The average Bonchev–Trinajstić information content (AvgIpc) is 2.91. The highest BCUT2D eigenvalue weighted by Crippen LogP contribution is 2.33. The maximum absolute atomic E-state index is 6.33. The quantitative estimate of drug-likeness (QED) is 0.781. The molecule has 110 valence electrons. The summed E-state index contributed by atoms with van der Waals surface area (Å²) in [5, 5.41) is 0.794. The Morgan fingerprint density at radius 3 is 2.62 bits per heavy atom. The van der Waals surface area contributed by atoms with Crippen molar-refractivity contribution in [2.75, 3.05) is 6.61 Å². The van der Waals surface area contributed by atoms with Crippen LogP contribution >= 0.6 is 23.2 Å². The van der Waals surface area contributed by atoms with Crippen LogP contribution in [0.25, 0.3) is 11.1 Å². The first-order valence-electron chi connectivity index (χ1n) is 7.04. The molecular formula is C16H16Cl2N2O. The lowest BCUT2D eigenvalue weighted by Gasteiger charge is -2.11. The van der Waals surface area contributed by atoms with Crippen molar-refractivity contribution in [3.63, 3.8) is 0 Å². The van der Waals surface area contributed by atoms with Gasteiger partial charge >= 0.3 is 0 Å². The number of rotatable bonds is 3. The Kier molecular flexibility index (Phi) is 4.43. The number of nitrogens with zero attached hydrogens (tertiary/aromatic N) is 2. The number of benzene rings is 1. The molecule has 5 heteroatoms. The van der Waals surface area contributed by atoms with Crippen LogP contribution in [0, 0.1) is 6.92 Å². The highest BCUT2D eigenvalue weighted by molar-refractivity contribution is 6.37. The number of ether oxygens (including phenoxy) is 1. The number of hydrogen-bond donors (Lipinski definition) is 0. The summed E-state index contributed by atoms with van der Waals surface area (Å²) in [5.41, 5.74) is 2.77. The predicted octanol–water partition coefficient (Wildman–Crippen LogP) is 4.48. The second-order valence-electron chi connectivity index (χ2n) is 5.31. The van der Waals surface area contributed by atoms with Crippen LogP contribution in [0.3, 0.4) is 0 Å². The summed E-state index contributed by atoms with van der Waals surface area (Å²) < 4.78 is 5.60. The Balaban J connectivity index is 1.92. The molecule has 1 unspecified atom stereocenters. The Labute approximate surface area is 134 Å². The molecule has 0 bridgehead atoms. The average molecular weight is 323 g/mol. The second-order valence-corrected chi connectivity index (χ2v) is 6.02. The third-order valence-electron chi connectivity index (χ3n) is 3.61. The Morgan fingerprint density at radius 1 is 1.24 bits per heavy atom. The van der Waals surface area contributed by atoms with Crippen molar-refractivity contribution >= 4 is 23.2 Å². The number of hydrogen-bond acceptors (Lipinski definition) is 3. The molecule has 0 amide bonds. The minimum Gasteiger partial charge on any atom is -0.378 e. The molecule has 1 aromatic carbocycles. The molecule has 0 radical (unpaired) electrons. The van der Waals surface area contributed by atoms with E-state index in [2.05, 4.69) is 9.97 Å². The zero-order chi connectivity index (χ0) is 14.8. The molecule has 0 N–H and O–H groups in total. The van der Waals surface area contributed by atoms with E-state index in [-0.39, 0.29) is 6.10 Å². The lowest BCUT2D eigenvalue weighted by atomic mass is 10.1. The van der Waals surface area contributed by atoms with Gasteiger partial charge in [0.2, 0.25) is 0 Å². The standard InChI is InChI=1S/C16H16Cl2N2O/c1-10-4-2-5-11(8-10)14-15(17)19-13(20-16(14)18)9-12-6-3-7-21-12/h2,4-5,8,12H,3,6-7,9H2,1H3. The van der Waals surface area contributed by atoms with Crippen LogP contribution in [0.1, 0.15) is 24.2 Å². The molecule has 2 heterocycles. The third-order valence-corrected chi connectivity index (χ3v) is 4.16. The van der Waals surface area contributed by atoms with Crippen LogP contribution in [0.5, 0.6) is 0 Å². The first kappa shape index (κ1) is 14.8. The molecule has 1 fully saturated rings. The molecule has 0 spiro atoms. The number of halogens is 2. The summed E-state index contributed by atoms with van der Waals surface area (Å²) in [6.45, 7) is 2.84. The molecule has 0 saturated carbocycles. The molecule has 1 aliphatic heterocycles. The van der Waals surface area contributed by atoms with E-state index in [1.807, 2.05) is 31.2 Å². The molecule has 2 aromatic rings. The van der Waals surface area contributed by atoms with Crippen LogP contribution in [-0.2, 0) is 11.2 Å². The van der Waals surface area contributed by atoms with E-state index in [1.54, 1.807) is 0 Å². The largest absolute Gasteiger partial charge is 0.378 e. The van der Waals surface area contributed by atoms with Gasteiger partial charge in [-0.15, -0.1) is 0 Å². The van der Waals surface area contributed by atoms with E-state index in [0.29, 0.717) is 28.1 Å². The fraction of sp³-hybridized carbons (Fsp3) is 0.375. The van der Waals surface area contributed by atoms with Crippen molar-refractivity contribution < 1.29 is 4.74 Å². The second kappa shape index (κ2) is 6.30. The first-order chi connectivity index (χ1) is 10.1. The molecule has 0 aliphatic carbocycles. The van der Waals surface area contributed by atoms with Gasteiger partial charge in [0.1, 0.15) is 16.1 Å². The van der Waals surface area contributed by atoms with E-state index in [9.17, 15) is 0 Å². The van der Waals surface area contributed by atoms with Crippen molar-refractivity contribution in [3.8, 4) is 11.1 Å². The molecule has 1 aliphatic rings. The molecular weight excluding hydrogens is 307 g/mol. The van der Waals surface area contributed by atoms with Crippen molar-refractivity contribution in [2.45, 2.75) is 32.3 Å². The molecule has 21 heavy (non-hydrogen) atoms. The van der Waals surface area contributed by atoms with E-state index in [0.717, 1.165) is 30.6 Å². The molecule has 3 nitrogen and oxygen atoms in total. The van der Waals surface area contributed by atoms with Gasteiger partial charge in [-0.2, -0.15) is 0 Å². The van der Waals surface area contributed by atoms with E-state index < -0.39 is 0 Å². The lowest BCUT2D eigenvalue weighted by molar-refractivity contribution is 0.110. The fourth-order valence-corrected chi connectivity index (χ4v) is 3.23. The Morgan fingerprint density at radius 2 is 2.00 bits per heavy atom. The topological polar surface area (TPSA) is 35.0 Å². The van der Waals surface area contributed by atoms with Crippen LogP contribution in [0.15, 0.2) is 24.3 Å². The van der Waals surface area contributed by atoms with Crippen molar-refractivity contribution in [3.05, 3.63) is 46.0 Å². The van der Waals surface area contributed by atoms with Crippen LogP contribution in [0.2, 0.25) is 10.3 Å². The summed E-state index contributed by atoms with van der Waals surface area (Å²) in [4.78, 5) is 8.79. The SMILES string of the molecule is Cc1cccc(-c2c(Cl)nc(CC3CCCO3)nc2Cl)c1. The van der Waals surface area contributed by atoms with Crippen molar-refractivity contribution in [2.24, 2.45) is 0 Å². The first-order valence-corrected chi connectivity index (χ1v) is 7.79. The minimum atomic E-state index is 0.182. The fourth-order valence-electron chi connectivity index (χ4n) is 2.59. The van der Waals surface area contributed by atoms with Gasteiger partial charge in [-0.1, -0.05) is 53.0 Å². The van der Waals surface area contributed by atoms with Crippen molar-refractivity contribution in [1.82, 2.24) is 9.97 Å². The molecule has 1 atom stereocenters. The van der Waals surface area contributed by atoms with E-state index in [4.69, 9.17) is 27.9 Å². The van der Waals surface area contributed by atoms with Gasteiger partial charge in [0, 0.05) is 13.0 Å². The smallest absolute Gasteiger partial charge is 0.142 e. The van der Waals surface area contributed by atoms with Gasteiger partial charge < -0.3 is 4.74 Å². The van der Waals surface area contributed by atoms with Gasteiger partial charge in [-0.3, -0.25) is 0 Å². The normalized spacial score (nSPS) is 18.1. The number of aromatic nitrogens is 2. The summed E-state index contributed by atoms with van der Waals surface area (Å²) in [6, 6.07) is 7.98. The van der Waals surface area contributed by atoms with E-state index >= 15 is 0 Å². The maximum atomic E-state index is 6.33. The summed E-state index contributed by atoms with van der Waals surface area (Å²) in [5.74, 6) is 0.647. The van der Waals surface area contributed by atoms with Crippen LogP contribution < -0.4 is 0 Å². The summed E-state index contributed by atoms with van der Waals surface area (Å²) in [6.07, 6.45) is 2.97. The third kappa shape index (κ3) is 3.37. The highest BCUT2D eigenvalue weighted by Gasteiger charge is 2.20. The number of aryl methyl sites for hydroxylation is 1. The summed E-state index contributed by atoms with van der Waals surface area (Å²) >= 11 is 12.7. The monoisotopic (exact) mass is 322 g/mol. The van der Waals surface area contributed by atoms with Gasteiger partial charge in [0.25, 0.3) is 0 Å². The van der Waals surface area contributed by atoms with Crippen LogP contribution in [0.4, 0.5) is 0 Å². The lowest BCUT2D eigenvalue weighted by Crippen LogP contribution is -2.12. The van der Waals surface area contributed by atoms with Crippen LogP contribution in [-0.4, -0.2) is 22.7 Å². The summed E-state index contributed by atoms with van der Waals surface area (Å²) in [7, 11) is 0. The van der Waals surface area contributed by atoms with Crippen molar-refractivity contribution in [1.29, 1.82) is 0 Å². The Bertz CT molecular complexity index is 631. The maximum Gasteiger partial charge on any atom is 0.142 e. The Hall–Kier alpha value is -1.16. The zero-order valence-corrected chi connectivity index (χ0v) is 13.3. The van der Waals surface area contributed by atoms with E-state index in [1.165, 1.54) is 0 Å². The van der Waals surface area contributed by atoms with Gasteiger partial charge in [0.05, 0.1) is 11.7 Å². The minimum absolute atomic E-state index is 0.182. The predicted molar refractivity (Wildman–Crippen MR) is 84.9 cm³/mol. The van der Waals surface area contributed by atoms with Gasteiger partial charge in [-0.05, 0) is 25.3 Å². The van der Waals surface area contributed by atoms with Gasteiger partial charge in [0.15, 0.2) is 0 Å². The van der Waals surface area contributed by atoms with Gasteiger partial charge in [-0.25, -0.2) is 9.97 Å².